The van der Waals surface area contributed by atoms with Gasteiger partial charge >= 0.3 is 0 Å². The van der Waals surface area contributed by atoms with E-state index in [2.05, 4.69) is 39.0 Å². The summed E-state index contributed by atoms with van der Waals surface area (Å²) >= 11 is 20.4. The van der Waals surface area contributed by atoms with Gasteiger partial charge in [-0.2, -0.15) is 0 Å². The molecule has 2 aromatic carbocycles. The van der Waals surface area contributed by atoms with E-state index < -0.39 is 17.9 Å². The molecular weight excluding hydrogens is 565 g/mol. The highest BCUT2D eigenvalue weighted by Gasteiger charge is 2.17. The number of hydrogen-bond acceptors (Lipinski definition) is 5. The number of hydrazine groups is 1. The molecule has 0 saturated heterocycles. The molecule has 0 fully saturated rings. The van der Waals surface area contributed by atoms with Crippen LogP contribution in [0.1, 0.15) is 49.9 Å². The molecule has 0 radical (unpaired) electrons. The summed E-state index contributed by atoms with van der Waals surface area (Å²) in [5, 5.41) is 3.15. The fourth-order valence-corrected chi connectivity index (χ4v) is 3.80. The van der Waals surface area contributed by atoms with Crippen LogP contribution in [0.25, 0.3) is 0 Å². The number of benzene rings is 2. The molecule has 1 unspecified atom stereocenters. The topological polar surface area (TPSA) is 88.7 Å². The van der Waals surface area contributed by atoms with Gasteiger partial charge in [0.05, 0.1) is 16.1 Å². The number of amides is 2. The highest BCUT2D eigenvalue weighted by molar-refractivity contribution is 9.10. The summed E-state index contributed by atoms with van der Waals surface area (Å²) in [4.78, 5) is 24.7. The molecule has 2 rings (SSSR count). The third-order valence-corrected chi connectivity index (χ3v) is 5.90. The number of thiocarbonyl (C=S) groups is 1. The molecule has 34 heavy (non-hydrogen) atoms. The van der Waals surface area contributed by atoms with Crippen LogP contribution < -0.4 is 25.6 Å². The Morgan fingerprint density at radius 1 is 1.06 bits per heavy atom. The predicted octanol–water partition coefficient (Wildman–Crippen LogP) is 5.82. The molecule has 0 aliphatic carbocycles. The zero-order valence-electron chi connectivity index (χ0n) is 18.8. The standard InChI is InChI=1S/C23H26BrCl2N3O4S/c1-3-4-5-6-11-32-19-9-7-15(12-17(19)24)22(31)27-23(34)29-28-21(30)14(2)33-20-10-8-16(25)13-18(20)26/h7-10,12-14H,3-6,11H2,1-2H3,(H,28,30)(H2,27,29,31,34). The molecule has 0 aliphatic rings. The van der Waals surface area contributed by atoms with Crippen molar-refractivity contribution in [3.05, 3.63) is 56.5 Å². The SMILES string of the molecule is CCCCCCOc1ccc(C(=O)NC(=S)NNC(=O)C(C)Oc2ccc(Cl)cc2Cl)cc1Br. The second-order valence-corrected chi connectivity index (χ2v) is 9.39. The average molecular weight is 591 g/mol. The molecule has 1 atom stereocenters. The summed E-state index contributed by atoms with van der Waals surface area (Å²) in [6.45, 7) is 4.31. The van der Waals surface area contributed by atoms with E-state index in [0.29, 0.717) is 33.2 Å². The first-order chi connectivity index (χ1) is 16.2. The van der Waals surface area contributed by atoms with Crippen molar-refractivity contribution in [1.82, 2.24) is 16.2 Å². The summed E-state index contributed by atoms with van der Waals surface area (Å²) in [7, 11) is 0. The molecule has 0 bridgehead atoms. The molecule has 0 spiro atoms. The Morgan fingerprint density at radius 2 is 1.79 bits per heavy atom. The van der Waals surface area contributed by atoms with Gasteiger partial charge in [0.25, 0.3) is 11.8 Å². The van der Waals surface area contributed by atoms with E-state index >= 15 is 0 Å². The third-order valence-electron chi connectivity index (χ3n) is 4.54. The summed E-state index contributed by atoms with van der Waals surface area (Å²) in [6, 6.07) is 9.67. The molecular formula is C23H26BrCl2N3O4S. The van der Waals surface area contributed by atoms with Crippen LogP contribution in [-0.4, -0.2) is 29.6 Å². The maximum atomic E-state index is 12.5. The lowest BCUT2D eigenvalue weighted by atomic mass is 10.2. The largest absolute Gasteiger partial charge is 0.492 e. The second-order valence-electron chi connectivity index (χ2n) is 7.29. The molecule has 2 aromatic rings. The molecule has 0 saturated carbocycles. The molecule has 0 aromatic heterocycles. The summed E-state index contributed by atoms with van der Waals surface area (Å²) in [6.07, 6.45) is 3.55. The first-order valence-electron chi connectivity index (χ1n) is 10.7. The van der Waals surface area contributed by atoms with Crippen molar-refractivity contribution in [3.63, 3.8) is 0 Å². The minimum absolute atomic E-state index is 0.0811. The number of halogens is 3. The van der Waals surface area contributed by atoms with E-state index in [1.165, 1.54) is 25.8 Å². The molecule has 11 heteroatoms. The second kappa shape index (κ2) is 14.4. The minimum Gasteiger partial charge on any atom is -0.492 e. The molecule has 7 nitrogen and oxygen atoms in total. The Hall–Kier alpha value is -2.07. The Kier molecular flexibility index (Phi) is 11.9. The van der Waals surface area contributed by atoms with Crippen molar-refractivity contribution in [2.45, 2.75) is 45.6 Å². The predicted molar refractivity (Wildman–Crippen MR) is 142 cm³/mol. The van der Waals surface area contributed by atoms with Crippen molar-refractivity contribution in [3.8, 4) is 11.5 Å². The molecule has 3 N–H and O–H groups in total. The Morgan fingerprint density at radius 3 is 2.47 bits per heavy atom. The fourth-order valence-electron chi connectivity index (χ4n) is 2.71. The highest BCUT2D eigenvalue weighted by Crippen LogP contribution is 2.28. The highest BCUT2D eigenvalue weighted by atomic mass is 79.9. The van der Waals surface area contributed by atoms with Gasteiger partial charge in [0, 0.05) is 10.6 Å². The number of nitrogens with one attached hydrogen (secondary N) is 3. The van der Waals surface area contributed by atoms with Crippen molar-refractivity contribution < 1.29 is 19.1 Å². The Labute approximate surface area is 223 Å². The van der Waals surface area contributed by atoms with E-state index in [-0.39, 0.29) is 10.1 Å². The van der Waals surface area contributed by atoms with Gasteiger partial charge in [0.15, 0.2) is 11.2 Å². The molecule has 0 heterocycles. The summed E-state index contributed by atoms with van der Waals surface area (Å²) in [5.41, 5.74) is 5.22. The first-order valence-corrected chi connectivity index (χ1v) is 12.6. The van der Waals surface area contributed by atoms with Crippen molar-refractivity contribution in [2.24, 2.45) is 0 Å². The van der Waals surface area contributed by atoms with Gasteiger partial charge in [-0.15, -0.1) is 0 Å². The van der Waals surface area contributed by atoms with Crippen molar-refractivity contribution >= 4 is 68.3 Å². The van der Waals surface area contributed by atoms with E-state index in [1.807, 2.05) is 0 Å². The van der Waals surface area contributed by atoms with Gasteiger partial charge in [-0.1, -0.05) is 49.4 Å². The normalized spacial score (nSPS) is 11.3. The number of carbonyl (C=O) groups is 2. The van der Waals surface area contributed by atoms with Gasteiger partial charge in [0.2, 0.25) is 0 Å². The number of unbranched alkanes of at least 4 members (excludes halogenated alkanes) is 3. The van der Waals surface area contributed by atoms with Gasteiger partial charge in [0.1, 0.15) is 11.5 Å². The number of rotatable bonds is 10. The fraction of sp³-hybridized carbons (Fsp3) is 0.348. The van der Waals surface area contributed by atoms with Gasteiger partial charge < -0.3 is 9.47 Å². The lowest BCUT2D eigenvalue weighted by Gasteiger charge is -2.17. The number of carbonyl (C=O) groups excluding carboxylic acids is 2. The first kappa shape index (κ1) is 28.2. The molecule has 0 aliphatic heterocycles. The van der Waals surface area contributed by atoms with Gasteiger partial charge in [-0.05, 0) is 77.9 Å². The van der Waals surface area contributed by atoms with Gasteiger partial charge in [-0.3, -0.25) is 25.8 Å². The van der Waals surface area contributed by atoms with E-state index in [1.54, 1.807) is 30.3 Å². The van der Waals surface area contributed by atoms with Crippen LogP contribution in [-0.2, 0) is 4.79 Å². The van der Waals surface area contributed by atoms with Crippen molar-refractivity contribution in [2.75, 3.05) is 6.61 Å². The van der Waals surface area contributed by atoms with E-state index in [9.17, 15) is 9.59 Å². The van der Waals surface area contributed by atoms with Crippen molar-refractivity contribution in [1.29, 1.82) is 0 Å². The average Bonchev–Trinajstić information content (AvgIpc) is 2.79. The lowest BCUT2D eigenvalue weighted by Crippen LogP contribution is -2.51. The van der Waals surface area contributed by atoms with E-state index in [4.69, 9.17) is 44.9 Å². The van der Waals surface area contributed by atoms with Crippen LogP contribution in [0.3, 0.4) is 0 Å². The smallest absolute Gasteiger partial charge is 0.279 e. The maximum absolute atomic E-state index is 12.5. The minimum atomic E-state index is -0.893. The quantitative estimate of drug-likeness (QED) is 0.184. The van der Waals surface area contributed by atoms with Crippen LogP contribution in [0.2, 0.25) is 10.0 Å². The maximum Gasteiger partial charge on any atom is 0.279 e. The zero-order chi connectivity index (χ0) is 25.1. The number of hydrogen-bond donors (Lipinski definition) is 3. The van der Waals surface area contributed by atoms with Crippen LogP contribution >= 0.6 is 51.3 Å². The summed E-state index contributed by atoms with van der Waals surface area (Å²) in [5.74, 6) is 0.00402. The lowest BCUT2D eigenvalue weighted by molar-refractivity contribution is -0.127. The number of ether oxygens (including phenoxy) is 2. The monoisotopic (exact) mass is 589 g/mol. The zero-order valence-corrected chi connectivity index (χ0v) is 22.7. The third kappa shape index (κ3) is 9.29. The molecule has 184 valence electrons. The van der Waals surface area contributed by atoms with E-state index in [0.717, 1.165) is 12.8 Å². The van der Waals surface area contributed by atoms with Gasteiger partial charge in [-0.25, -0.2) is 0 Å². The van der Waals surface area contributed by atoms with Crippen LogP contribution in [0, 0.1) is 0 Å². The van der Waals surface area contributed by atoms with Crippen LogP contribution in [0.5, 0.6) is 11.5 Å². The van der Waals surface area contributed by atoms with Crippen LogP contribution in [0.15, 0.2) is 40.9 Å². The Balaban J connectivity index is 1.80. The Bertz CT molecular complexity index is 1030. The van der Waals surface area contributed by atoms with Crippen LogP contribution in [0.4, 0.5) is 0 Å². The summed E-state index contributed by atoms with van der Waals surface area (Å²) < 4.78 is 11.9. The molecule has 2 amide bonds.